The fourth-order valence-corrected chi connectivity index (χ4v) is 3.01. The van der Waals surface area contributed by atoms with E-state index in [4.69, 9.17) is 16.4 Å². The van der Waals surface area contributed by atoms with E-state index in [1.54, 1.807) is 0 Å². The largest absolute Gasteiger partial charge is 0.393 e. The number of hydrogen-bond acceptors (Lipinski definition) is 4. The molecule has 0 spiro atoms. The molecular weight excluding hydrogens is 372 g/mol. The van der Waals surface area contributed by atoms with E-state index in [1.165, 1.54) is 0 Å². The number of nitrogens with zero attached hydrogens (tertiary/aromatic N) is 2. The summed E-state index contributed by atoms with van der Waals surface area (Å²) >= 11 is 5.94. The lowest BCUT2D eigenvalue weighted by molar-refractivity contribution is 0.00588. The maximum Gasteiger partial charge on any atom is 0.144 e. The van der Waals surface area contributed by atoms with Crippen molar-refractivity contribution in [2.45, 2.75) is 72.6 Å². The van der Waals surface area contributed by atoms with Crippen LogP contribution in [0.5, 0.6) is 0 Å². The third-order valence-electron chi connectivity index (χ3n) is 4.51. The molecule has 158 valence electrons. The van der Waals surface area contributed by atoms with Gasteiger partial charge in [0.25, 0.3) is 0 Å². The van der Waals surface area contributed by atoms with Crippen LogP contribution in [0.3, 0.4) is 0 Å². The summed E-state index contributed by atoms with van der Waals surface area (Å²) in [4.78, 5) is 7.74. The van der Waals surface area contributed by atoms with Gasteiger partial charge in [0, 0.05) is 23.7 Å². The third-order valence-corrected chi connectivity index (χ3v) is 4.76. The highest BCUT2D eigenvalue weighted by atomic mass is 35.5. The number of aliphatic hydroxyl groups excluding tert-OH is 1. The second-order valence-corrected chi connectivity index (χ2v) is 8.67. The number of aliphatic hydroxyl groups is 1. The van der Waals surface area contributed by atoms with Crippen molar-refractivity contribution in [2.24, 2.45) is 11.1 Å². The zero-order valence-corrected chi connectivity index (χ0v) is 19.0. The van der Waals surface area contributed by atoms with E-state index in [0.29, 0.717) is 24.5 Å². The predicted molar refractivity (Wildman–Crippen MR) is 121 cm³/mol. The minimum absolute atomic E-state index is 0.190. The Kier molecular flexibility index (Phi) is 11.4. The molecule has 0 saturated carbocycles. The molecule has 0 heterocycles. The Labute approximate surface area is 176 Å². The molecule has 0 bridgehead atoms. The molecule has 0 aliphatic rings. The second-order valence-electron chi connectivity index (χ2n) is 8.23. The van der Waals surface area contributed by atoms with E-state index in [-0.39, 0.29) is 6.61 Å². The van der Waals surface area contributed by atoms with Crippen LogP contribution in [0.15, 0.2) is 35.5 Å². The molecule has 4 nitrogen and oxygen atoms in total. The summed E-state index contributed by atoms with van der Waals surface area (Å²) in [5.74, 6) is 0.588. The molecule has 0 aromatic heterocycles. The topological polar surface area (TPSA) is 45.1 Å². The molecule has 1 atom stereocenters. The first-order valence-corrected chi connectivity index (χ1v) is 10.6. The minimum Gasteiger partial charge on any atom is -0.393 e. The molecule has 0 fully saturated rings. The van der Waals surface area contributed by atoms with E-state index < -0.39 is 6.10 Å². The van der Waals surface area contributed by atoms with Crippen LogP contribution in [0.4, 0.5) is 0 Å². The van der Waals surface area contributed by atoms with Crippen molar-refractivity contribution in [2.75, 3.05) is 13.2 Å². The summed E-state index contributed by atoms with van der Waals surface area (Å²) < 4.78 is 0. The summed E-state index contributed by atoms with van der Waals surface area (Å²) in [6.07, 6.45) is 5.29. The van der Waals surface area contributed by atoms with Crippen molar-refractivity contribution < 1.29 is 9.94 Å². The Morgan fingerprint density at radius 1 is 1.11 bits per heavy atom. The van der Waals surface area contributed by atoms with Gasteiger partial charge in [0.2, 0.25) is 0 Å². The van der Waals surface area contributed by atoms with Gasteiger partial charge in [-0.3, -0.25) is 4.90 Å². The molecule has 0 aliphatic heterocycles. The molecule has 28 heavy (non-hydrogen) atoms. The van der Waals surface area contributed by atoms with E-state index in [0.717, 1.165) is 29.1 Å². The van der Waals surface area contributed by atoms with Crippen molar-refractivity contribution in [3.05, 3.63) is 40.9 Å². The lowest BCUT2D eigenvalue weighted by atomic mass is 10.0. The highest BCUT2D eigenvalue weighted by molar-refractivity contribution is 6.30. The number of hydrogen-bond donors (Lipinski definition) is 1. The molecule has 0 saturated heterocycles. The summed E-state index contributed by atoms with van der Waals surface area (Å²) in [5.41, 5.74) is 1.94. The van der Waals surface area contributed by atoms with Crippen LogP contribution < -0.4 is 0 Å². The Hall–Kier alpha value is -1.36. The monoisotopic (exact) mass is 408 g/mol. The van der Waals surface area contributed by atoms with Crippen molar-refractivity contribution in [1.82, 2.24) is 4.90 Å². The Balaban J connectivity index is 2.67. The Morgan fingerprint density at radius 3 is 2.25 bits per heavy atom. The van der Waals surface area contributed by atoms with Gasteiger partial charge >= 0.3 is 0 Å². The van der Waals surface area contributed by atoms with E-state index >= 15 is 0 Å². The first kappa shape index (κ1) is 24.7. The highest BCUT2D eigenvalue weighted by Crippen LogP contribution is 2.12. The lowest BCUT2D eigenvalue weighted by Crippen LogP contribution is -2.43. The zero-order valence-electron chi connectivity index (χ0n) is 18.2. The van der Waals surface area contributed by atoms with Gasteiger partial charge in [0.15, 0.2) is 0 Å². The van der Waals surface area contributed by atoms with Crippen molar-refractivity contribution in [1.29, 1.82) is 0 Å². The lowest BCUT2D eigenvalue weighted by Gasteiger charge is -2.31. The van der Waals surface area contributed by atoms with Gasteiger partial charge in [-0.05, 0) is 70.2 Å². The standard InChI is InChI=1S/C23H37ClN2O2/c1-17(2)7-13-22(14-10-20-8-11-21(24)12-9-20)25-28-16-23(27)15-26(18(3)4)19(5)6/h8-12,14,17-19,23,27H,7,13,15-16H2,1-6H3/b14-10+,25-22+/t23-/m1/s1. The van der Waals surface area contributed by atoms with Crippen LogP contribution in [-0.4, -0.2) is 47.1 Å². The molecule has 1 aromatic rings. The smallest absolute Gasteiger partial charge is 0.144 e. The van der Waals surface area contributed by atoms with Crippen LogP contribution >= 0.6 is 11.6 Å². The summed E-state index contributed by atoms with van der Waals surface area (Å²) in [6.45, 7) is 13.7. The normalized spacial score (nSPS) is 14.1. The average Bonchev–Trinajstić information content (AvgIpc) is 2.62. The van der Waals surface area contributed by atoms with Crippen LogP contribution in [0.25, 0.3) is 6.08 Å². The number of benzene rings is 1. The van der Waals surface area contributed by atoms with Crippen molar-refractivity contribution in [3.63, 3.8) is 0 Å². The van der Waals surface area contributed by atoms with Gasteiger partial charge in [-0.15, -0.1) is 0 Å². The van der Waals surface area contributed by atoms with Crippen LogP contribution in [0, 0.1) is 5.92 Å². The van der Waals surface area contributed by atoms with E-state index in [1.807, 2.05) is 36.4 Å². The SMILES string of the molecule is CC(C)CCC(/C=C/c1ccc(Cl)cc1)=N\OC[C@H](O)CN(C(C)C)C(C)C. The van der Waals surface area contributed by atoms with Gasteiger partial charge in [0.1, 0.15) is 12.7 Å². The quantitative estimate of drug-likeness (QED) is 0.359. The van der Waals surface area contributed by atoms with Gasteiger partial charge < -0.3 is 9.94 Å². The van der Waals surface area contributed by atoms with Crippen molar-refractivity contribution >= 4 is 23.4 Å². The van der Waals surface area contributed by atoms with Gasteiger partial charge in [-0.1, -0.05) is 48.8 Å². The number of allylic oxidation sites excluding steroid dienone is 1. The summed E-state index contributed by atoms with van der Waals surface area (Å²) in [7, 11) is 0. The molecule has 0 aliphatic carbocycles. The van der Waals surface area contributed by atoms with E-state index in [9.17, 15) is 5.11 Å². The highest BCUT2D eigenvalue weighted by Gasteiger charge is 2.18. The van der Waals surface area contributed by atoms with Gasteiger partial charge in [0.05, 0.1) is 5.71 Å². The average molecular weight is 409 g/mol. The number of halogens is 1. The summed E-state index contributed by atoms with van der Waals surface area (Å²) in [5, 5.41) is 15.3. The molecular formula is C23H37ClN2O2. The third kappa shape index (κ3) is 10.3. The number of rotatable bonds is 12. The predicted octanol–water partition coefficient (Wildman–Crippen LogP) is 5.64. The minimum atomic E-state index is -0.569. The molecule has 0 amide bonds. The van der Waals surface area contributed by atoms with Gasteiger partial charge in [-0.2, -0.15) is 0 Å². The number of oxime groups is 1. The van der Waals surface area contributed by atoms with Crippen LogP contribution in [0.2, 0.25) is 5.02 Å². The maximum atomic E-state index is 10.3. The second kappa shape index (κ2) is 13.0. The molecule has 1 N–H and O–H groups in total. The summed E-state index contributed by atoms with van der Waals surface area (Å²) in [6, 6.07) is 8.43. The molecule has 0 unspecified atom stereocenters. The van der Waals surface area contributed by atoms with Crippen LogP contribution in [-0.2, 0) is 4.84 Å². The fraction of sp³-hybridized carbons (Fsp3) is 0.609. The van der Waals surface area contributed by atoms with Gasteiger partial charge in [-0.25, -0.2) is 0 Å². The molecule has 1 rings (SSSR count). The molecule has 5 heteroatoms. The first-order chi connectivity index (χ1) is 13.2. The maximum absolute atomic E-state index is 10.3. The van der Waals surface area contributed by atoms with Crippen LogP contribution in [0.1, 0.15) is 59.9 Å². The first-order valence-electron chi connectivity index (χ1n) is 10.2. The van der Waals surface area contributed by atoms with Crippen molar-refractivity contribution in [3.8, 4) is 0 Å². The zero-order chi connectivity index (χ0) is 21.1. The fourth-order valence-electron chi connectivity index (χ4n) is 2.88. The molecule has 1 aromatic carbocycles. The molecule has 0 radical (unpaired) electrons. The van der Waals surface area contributed by atoms with E-state index in [2.05, 4.69) is 51.6 Å². The Bertz CT molecular complexity index is 602. The Morgan fingerprint density at radius 2 is 1.71 bits per heavy atom.